The minimum absolute atomic E-state index is 0.0127. The molecule has 0 aliphatic carbocycles. The van der Waals surface area contributed by atoms with Gasteiger partial charge in [0.05, 0.1) is 39.5 Å². The molecule has 0 fully saturated rings. The number of anilines is 2. The summed E-state index contributed by atoms with van der Waals surface area (Å²) in [5, 5.41) is 6.44. The maximum atomic E-state index is 12.1. The number of carbonyl (C=O) groups is 2. The van der Waals surface area contributed by atoms with Crippen molar-refractivity contribution in [1.29, 1.82) is 0 Å². The summed E-state index contributed by atoms with van der Waals surface area (Å²) in [4.78, 5) is 25.7. The van der Waals surface area contributed by atoms with Gasteiger partial charge in [0, 0.05) is 0 Å². The van der Waals surface area contributed by atoms with Crippen LogP contribution >= 0.6 is 34.8 Å². The molecule has 0 aliphatic heterocycles. The summed E-state index contributed by atoms with van der Waals surface area (Å²) in [7, 11) is 1.66. The lowest BCUT2D eigenvalue weighted by Crippen LogP contribution is -2.36. The molecule has 2 aromatic rings. The second-order valence-electron chi connectivity index (χ2n) is 5.35. The fourth-order valence-corrected chi connectivity index (χ4v) is 2.62. The Balaban J connectivity index is 1.86. The number of hydrogen-bond donors (Lipinski definition) is 2. The molecule has 2 rings (SSSR count). The molecule has 0 aromatic heterocycles. The highest BCUT2D eigenvalue weighted by Crippen LogP contribution is 2.29. The van der Waals surface area contributed by atoms with E-state index in [-0.39, 0.29) is 29.9 Å². The van der Waals surface area contributed by atoms with Gasteiger partial charge in [-0.25, -0.2) is 0 Å². The summed E-state index contributed by atoms with van der Waals surface area (Å²) in [5.41, 5.74) is 0.950. The van der Waals surface area contributed by atoms with Gasteiger partial charge in [-0.05, 0) is 31.3 Å². The highest BCUT2D eigenvalue weighted by Gasteiger charge is 2.13. The van der Waals surface area contributed by atoms with Crippen LogP contribution in [0.3, 0.4) is 0 Å². The normalized spacial score (nSPS) is 10.6. The zero-order valence-corrected chi connectivity index (χ0v) is 15.6. The number of rotatable bonds is 6. The molecule has 2 N–H and O–H groups in total. The lowest BCUT2D eigenvalue weighted by atomic mass is 10.3. The molecule has 0 atom stereocenters. The van der Waals surface area contributed by atoms with Crippen molar-refractivity contribution in [2.24, 2.45) is 0 Å². The summed E-state index contributed by atoms with van der Waals surface area (Å²) in [6.45, 7) is 0.0424. The molecule has 25 heavy (non-hydrogen) atoms. The lowest BCUT2D eigenvalue weighted by Gasteiger charge is -2.16. The second kappa shape index (κ2) is 9.06. The average Bonchev–Trinajstić information content (AvgIpc) is 2.53. The number of halogens is 3. The molecule has 0 unspecified atom stereocenters. The van der Waals surface area contributed by atoms with E-state index in [1.165, 1.54) is 0 Å². The zero-order chi connectivity index (χ0) is 18.4. The number of amides is 2. The molecule has 0 heterocycles. The van der Waals surface area contributed by atoms with Gasteiger partial charge in [0.2, 0.25) is 11.8 Å². The fourth-order valence-electron chi connectivity index (χ4n) is 2.09. The predicted molar refractivity (Wildman–Crippen MR) is 103 cm³/mol. The molecule has 132 valence electrons. The SMILES string of the molecule is CN(CC(=O)Nc1ccccc1Cl)CC(=O)Nc1cccc(Cl)c1Cl. The van der Waals surface area contributed by atoms with Gasteiger partial charge in [0.1, 0.15) is 0 Å². The second-order valence-corrected chi connectivity index (χ2v) is 6.54. The Morgan fingerprint density at radius 1 is 0.840 bits per heavy atom. The van der Waals surface area contributed by atoms with E-state index in [1.807, 2.05) is 0 Å². The van der Waals surface area contributed by atoms with Crippen molar-refractivity contribution in [2.75, 3.05) is 30.8 Å². The standard InChI is InChI=1S/C17H16Cl3N3O2/c1-23(9-15(24)21-13-7-3-2-5-11(13)18)10-16(25)22-14-8-4-6-12(19)17(14)20/h2-8H,9-10H2,1H3,(H,21,24)(H,22,25). The maximum Gasteiger partial charge on any atom is 0.238 e. The molecule has 0 spiro atoms. The van der Waals surface area contributed by atoms with Crippen molar-refractivity contribution in [3.8, 4) is 0 Å². The Morgan fingerprint density at radius 3 is 2.00 bits per heavy atom. The Bertz CT molecular complexity index is 783. The molecular formula is C17H16Cl3N3O2. The van der Waals surface area contributed by atoms with E-state index in [1.54, 1.807) is 54.4 Å². The van der Waals surface area contributed by atoms with E-state index >= 15 is 0 Å². The average molecular weight is 401 g/mol. The van der Waals surface area contributed by atoms with Crippen LogP contribution in [0.4, 0.5) is 11.4 Å². The van der Waals surface area contributed by atoms with Crippen LogP contribution in [0.5, 0.6) is 0 Å². The number of hydrogen-bond acceptors (Lipinski definition) is 3. The Kier molecular flexibility index (Phi) is 7.08. The van der Waals surface area contributed by atoms with Gasteiger partial charge in [-0.1, -0.05) is 53.0 Å². The Hall–Kier alpha value is -1.79. The van der Waals surface area contributed by atoms with Gasteiger partial charge in [-0.15, -0.1) is 0 Å². The summed E-state index contributed by atoms with van der Waals surface area (Å²) < 4.78 is 0. The predicted octanol–water partition coefficient (Wildman–Crippen LogP) is 4.16. The van der Waals surface area contributed by atoms with E-state index < -0.39 is 0 Å². The molecule has 0 bridgehead atoms. The van der Waals surface area contributed by atoms with Crippen LogP contribution in [0.1, 0.15) is 0 Å². The maximum absolute atomic E-state index is 12.1. The van der Waals surface area contributed by atoms with Crippen molar-refractivity contribution < 1.29 is 9.59 Å². The van der Waals surface area contributed by atoms with E-state index in [4.69, 9.17) is 34.8 Å². The molecule has 5 nitrogen and oxygen atoms in total. The highest BCUT2D eigenvalue weighted by atomic mass is 35.5. The number of para-hydroxylation sites is 1. The topological polar surface area (TPSA) is 61.4 Å². The molecule has 0 aliphatic rings. The quantitative estimate of drug-likeness (QED) is 0.765. The zero-order valence-electron chi connectivity index (χ0n) is 13.4. The first-order valence-corrected chi connectivity index (χ1v) is 8.47. The van der Waals surface area contributed by atoms with Gasteiger partial charge in [-0.2, -0.15) is 0 Å². The first-order valence-electron chi connectivity index (χ1n) is 7.33. The van der Waals surface area contributed by atoms with E-state index in [0.717, 1.165) is 0 Å². The Morgan fingerprint density at radius 2 is 1.36 bits per heavy atom. The number of nitrogens with zero attached hydrogens (tertiary/aromatic N) is 1. The van der Waals surface area contributed by atoms with Crippen LogP contribution in [-0.2, 0) is 9.59 Å². The van der Waals surface area contributed by atoms with Crippen molar-refractivity contribution in [1.82, 2.24) is 4.90 Å². The van der Waals surface area contributed by atoms with Crippen LogP contribution in [0.15, 0.2) is 42.5 Å². The van der Waals surface area contributed by atoms with E-state index in [9.17, 15) is 9.59 Å². The molecule has 0 radical (unpaired) electrons. The number of carbonyl (C=O) groups excluding carboxylic acids is 2. The summed E-state index contributed by atoms with van der Waals surface area (Å²) >= 11 is 17.9. The minimum atomic E-state index is -0.308. The van der Waals surface area contributed by atoms with Crippen molar-refractivity contribution in [2.45, 2.75) is 0 Å². The van der Waals surface area contributed by atoms with Crippen LogP contribution in [-0.4, -0.2) is 36.9 Å². The highest BCUT2D eigenvalue weighted by molar-refractivity contribution is 6.44. The molecule has 0 saturated carbocycles. The minimum Gasteiger partial charge on any atom is -0.324 e. The van der Waals surface area contributed by atoms with Crippen molar-refractivity contribution in [3.05, 3.63) is 57.5 Å². The van der Waals surface area contributed by atoms with Gasteiger partial charge in [-0.3, -0.25) is 14.5 Å². The van der Waals surface area contributed by atoms with E-state index in [2.05, 4.69) is 10.6 Å². The number of nitrogens with one attached hydrogen (secondary N) is 2. The van der Waals surface area contributed by atoms with Crippen LogP contribution in [0.2, 0.25) is 15.1 Å². The van der Waals surface area contributed by atoms with Gasteiger partial charge in [0.15, 0.2) is 0 Å². The third-order valence-electron chi connectivity index (χ3n) is 3.20. The van der Waals surface area contributed by atoms with Crippen LogP contribution in [0.25, 0.3) is 0 Å². The summed E-state index contributed by atoms with van der Waals surface area (Å²) in [6.07, 6.45) is 0. The monoisotopic (exact) mass is 399 g/mol. The summed E-state index contributed by atoms with van der Waals surface area (Å²) in [6, 6.07) is 11.9. The Labute approximate surface area is 160 Å². The largest absolute Gasteiger partial charge is 0.324 e. The molecule has 8 heteroatoms. The number of likely N-dealkylation sites (N-methyl/N-ethyl adjacent to an activating group) is 1. The van der Waals surface area contributed by atoms with Crippen molar-refractivity contribution >= 4 is 58.0 Å². The third-order valence-corrected chi connectivity index (χ3v) is 4.35. The van der Waals surface area contributed by atoms with Crippen LogP contribution in [0, 0.1) is 0 Å². The molecular weight excluding hydrogens is 385 g/mol. The third kappa shape index (κ3) is 5.90. The van der Waals surface area contributed by atoms with Gasteiger partial charge >= 0.3 is 0 Å². The van der Waals surface area contributed by atoms with Crippen molar-refractivity contribution in [3.63, 3.8) is 0 Å². The molecule has 2 amide bonds. The van der Waals surface area contributed by atoms with Gasteiger partial charge in [0.25, 0.3) is 0 Å². The fraction of sp³-hybridized carbons (Fsp3) is 0.176. The first kappa shape index (κ1) is 19.5. The number of benzene rings is 2. The molecule has 0 saturated heterocycles. The van der Waals surface area contributed by atoms with Gasteiger partial charge < -0.3 is 10.6 Å². The summed E-state index contributed by atoms with van der Waals surface area (Å²) in [5.74, 6) is -0.582. The lowest BCUT2D eigenvalue weighted by molar-refractivity contribution is -0.119. The smallest absolute Gasteiger partial charge is 0.238 e. The first-order chi connectivity index (χ1) is 11.9. The van der Waals surface area contributed by atoms with Crippen LogP contribution < -0.4 is 10.6 Å². The van der Waals surface area contributed by atoms with E-state index in [0.29, 0.717) is 21.4 Å². The molecule has 2 aromatic carbocycles.